The van der Waals surface area contributed by atoms with E-state index < -0.39 is 11.6 Å². The number of amides is 2. The molecule has 1 heterocycles. The summed E-state index contributed by atoms with van der Waals surface area (Å²) < 4.78 is 13.1. The lowest BCUT2D eigenvalue weighted by Crippen LogP contribution is -2.43. The van der Waals surface area contributed by atoms with E-state index in [0.717, 1.165) is 17.0 Å². The van der Waals surface area contributed by atoms with E-state index in [-0.39, 0.29) is 29.0 Å². The fourth-order valence-electron chi connectivity index (χ4n) is 1.42. The van der Waals surface area contributed by atoms with Gasteiger partial charge in [-0.1, -0.05) is 0 Å². The van der Waals surface area contributed by atoms with Gasteiger partial charge in [-0.15, -0.1) is 11.8 Å². The summed E-state index contributed by atoms with van der Waals surface area (Å²) in [6.45, 7) is 0. The molecule has 0 atom stereocenters. The normalized spacial score (nSPS) is 16.7. The van der Waals surface area contributed by atoms with Gasteiger partial charge in [0.15, 0.2) is 11.6 Å². The van der Waals surface area contributed by atoms with Crippen molar-refractivity contribution < 1.29 is 19.1 Å². The van der Waals surface area contributed by atoms with Crippen LogP contribution in [-0.4, -0.2) is 28.4 Å². The number of carbonyl (C=O) groups is 2. The molecule has 0 spiro atoms. The van der Waals surface area contributed by atoms with Crippen molar-refractivity contribution in [3.63, 3.8) is 0 Å². The van der Waals surface area contributed by atoms with Crippen LogP contribution in [0.15, 0.2) is 18.2 Å². The third-order valence-electron chi connectivity index (χ3n) is 2.14. The zero-order chi connectivity index (χ0) is 11.7. The van der Waals surface area contributed by atoms with E-state index in [0.29, 0.717) is 0 Å². The molecule has 6 heteroatoms. The molecule has 1 aliphatic rings. The molecule has 1 saturated heterocycles. The Hall–Kier alpha value is -1.56. The molecule has 16 heavy (non-hydrogen) atoms. The van der Waals surface area contributed by atoms with Crippen molar-refractivity contribution in [2.75, 3.05) is 16.4 Å². The highest BCUT2D eigenvalue weighted by molar-refractivity contribution is 8.00. The number of phenols is 1. The van der Waals surface area contributed by atoms with E-state index in [1.807, 2.05) is 0 Å². The summed E-state index contributed by atoms with van der Waals surface area (Å²) in [6.07, 6.45) is 0. The van der Waals surface area contributed by atoms with Gasteiger partial charge >= 0.3 is 0 Å². The lowest BCUT2D eigenvalue weighted by Gasteiger charge is -2.24. The molecule has 1 aliphatic heterocycles. The molecule has 0 bridgehead atoms. The highest BCUT2D eigenvalue weighted by Crippen LogP contribution is 2.25. The van der Waals surface area contributed by atoms with Crippen LogP contribution < -0.4 is 4.90 Å². The summed E-state index contributed by atoms with van der Waals surface area (Å²) >= 11 is 1.23. The van der Waals surface area contributed by atoms with Crippen LogP contribution in [0.3, 0.4) is 0 Å². The third-order valence-corrected chi connectivity index (χ3v) is 3.04. The number of phenolic OH excluding ortho intramolecular Hbond substituents is 1. The van der Waals surface area contributed by atoms with Crippen molar-refractivity contribution in [2.24, 2.45) is 0 Å². The average Bonchev–Trinajstić information content (AvgIpc) is 2.23. The predicted octanol–water partition coefficient (Wildman–Crippen LogP) is 1.14. The molecule has 2 rings (SSSR count). The zero-order valence-electron chi connectivity index (χ0n) is 8.14. The molecule has 84 valence electrons. The topological polar surface area (TPSA) is 57.6 Å². The molecule has 1 fully saturated rings. The molecule has 2 amide bonds. The van der Waals surface area contributed by atoms with E-state index in [1.165, 1.54) is 17.8 Å². The van der Waals surface area contributed by atoms with Crippen molar-refractivity contribution >= 4 is 29.3 Å². The fourth-order valence-corrected chi connectivity index (χ4v) is 2.13. The first kappa shape index (κ1) is 10.9. The van der Waals surface area contributed by atoms with Crippen molar-refractivity contribution in [1.82, 2.24) is 0 Å². The van der Waals surface area contributed by atoms with Gasteiger partial charge in [0, 0.05) is 6.07 Å². The molecule has 0 aliphatic carbocycles. The van der Waals surface area contributed by atoms with Gasteiger partial charge in [0.05, 0.1) is 17.2 Å². The summed E-state index contributed by atoms with van der Waals surface area (Å²) in [5.41, 5.74) is 0.158. The van der Waals surface area contributed by atoms with Crippen LogP contribution in [0.1, 0.15) is 0 Å². The summed E-state index contributed by atoms with van der Waals surface area (Å²) in [5.74, 6) is -1.69. The van der Waals surface area contributed by atoms with Crippen LogP contribution in [0, 0.1) is 5.82 Å². The number of hydrogen-bond donors (Lipinski definition) is 1. The number of aromatic hydroxyl groups is 1. The van der Waals surface area contributed by atoms with Gasteiger partial charge < -0.3 is 5.11 Å². The molecule has 0 radical (unpaired) electrons. The first-order valence-corrected chi connectivity index (χ1v) is 5.67. The van der Waals surface area contributed by atoms with Gasteiger partial charge in [-0.05, 0) is 12.1 Å². The van der Waals surface area contributed by atoms with Crippen molar-refractivity contribution in [3.05, 3.63) is 24.0 Å². The van der Waals surface area contributed by atoms with Gasteiger partial charge in [-0.3, -0.25) is 9.59 Å². The van der Waals surface area contributed by atoms with Crippen LogP contribution in [0.25, 0.3) is 0 Å². The van der Waals surface area contributed by atoms with Gasteiger partial charge in [0.1, 0.15) is 0 Å². The summed E-state index contributed by atoms with van der Waals surface area (Å²) in [4.78, 5) is 23.9. The van der Waals surface area contributed by atoms with Crippen LogP contribution >= 0.6 is 11.8 Å². The SMILES string of the molecule is O=C1CSCC(=O)N1c1ccc(O)c(F)c1. The minimum Gasteiger partial charge on any atom is -0.505 e. The van der Waals surface area contributed by atoms with E-state index in [9.17, 15) is 14.0 Å². The predicted molar refractivity (Wildman–Crippen MR) is 57.9 cm³/mol. The number of anilines is 1. The first-order valence-electron chi connectivity index (χ1n) is 4.51. The Balaban J connectivity index is 2.38. The molecule has 4 nitrogen and oxygen atoms in total. The second-order valence-electron chi connectivity index (χ2n) is 3.25. The molecule has 0 unspecified atom stereocenters. The largest absolute Gasteiger partial charge is 0.505 e. The van der Waals surface area contributed by atoms with E-state index in [2.05, 4.69) is 0 Å². The lowest BCUT2D eigenvalue weighted by molar-refractivity contribution is -0.124. The summed E-state index contributed by atoms with van der Waals surface area (Å²) in [6, 6.07) is 3.43. The number of rotatable bonds is 1. The van der Waals surface area contributed by atoms with Crippen molar-refractivity contribution in [3.8, 4) is 5.75 Å². The van der Waals surface area contributed by atoms with E-state index in [4.69, 9.17) is 5.11 Å². The van der Waals surface area contributed by atoms with Crippen LogP contribution in [-0.2, 0) is 9.59 Å². The van der Waals surface area contributed by atoms with Gasteiger partial charge in [0.2, 0.25) is 11.8 Å². The zero-order valence-corrected chi connectivity index (χ0v) is 8.96. The number of imide groups is 1. The van der Waals surface area contributed by atoms with Crippen LogP contribution in [0.5, 0.6) is 5.75 Å². The molecular weight excluding hydrogens is 233 g/mol. The highest BCUT2D eigenvalue weighted by atomic mass is 32.2. The third kappa shape index (κ3) is 1.88. The smallest absolute Gasteiger partial charge is 0.243 e. The van der Waals surface area contributed by atoms with E-state index >= 15 is 0 Å². The van der Waals surface area contributed by atoms with Crippen molar-refractivity contribution in [1.29, 1.82) is 0 Å². The molecule has 1 aromatic carbocycles. The minimum atomic E-state index is -0.851. The number of nitrogens with zero attached hydrogens (tertiary/aromatic N) is 1. The second kappa shape index (κ2) is 4.13. The maximum Gasteiger partial charge on any atom is 0.243 e. The molecular formula is C10H8FNO3S. The number of thioether (sulfide) groups is 1. The van der Waals surface area contributed by atoms with Crippen LogP contribution in [0.2, 0.25) is 0 Å². The number of carbonyl (C=O) groups excluding carboxylic acids is 2. The Morgan fingerprint density at radius 3 is 2.44 bits per heavy atom. The Morgan fingerprint density at radius 2 is 1.88 bits per heavy atom. The average molecular weight is 241 g/mol. The molecule has 0 aromatic heterocycles. The fraction of sp³-hybridized carbons (Fsp3) is 0.200. The van der Waals surface area contributed by atoms with Gasteiger partial charge in [-0.25, -0.2) is 9.29 Å². The quantitative estimate of drug-likeness (QED) is 0.749. The maximum atomic E-state index is 13.1. The number of benzene rings is 1. The molecule has 1 N–H and O–H groups in total. The summed E-state index contributed by atoms with van der Waals surface area (Å²) in [5, 5.41) is 9.01. The maximum absolute atomic E-state index is 13.1. The van der Waals surface area contributed by atoms with Crippen molar-refractivity contribution in [2.45, 2.75) is 0 Å². The Kier molecular flexibility index (Phi) is 2.82. The molecule has 0 saturated carbocycles. The Bertz CT molecular complexity index is 447. The minimum absolute atomic E-state index is 0.158. The summed E-state index contributed by atoms with van der Waals surface area (Å²) in [7, 11) is 0. The number of hydrogen-bond acceptors (Lipinski definition) is 4. The van der Waals surface area contributed by atoms with Gasteiger partial charge in [0.25, 0.3) is 0 Å². The highest BCUT2D eigenvalue weighted by Gasteiger charge is 2.28. The van der Waals surface area contributed by atoms with Gasteiger partial charge in [-0.2, -0.15) is 0 Å². The Morgan fingerprint density at radius 1 is 1.25 bits per heavy atom. The number of halogens is 1. The van der Waals surface area contributed by atoms with Crippen LogP contribution in [0.4, 0.5) is 10.1 Å². The lowest BCUT2D eigenvalue weighted by atomic mass is 10.2. The Labute approximate surface area is 95.1 Å². The monoisotopic (exact) mass is 241 g/mol. The van der Waals surface area contributed by atoms with E-state index in [1.54, 1.807) is 0 Å². The standard InChI is InChI=1S/C10H8FNO3S/c11-7-3-6(1-2-8(7)13)12-9(14)4-16-5-10(12)15/h1-3,13H,4-5H2. The first-order chi connectivity index (χ1) is 7.59. The molecule has 1 aromatic rings. The second-order valence-corrected chi connectivity index (χ2v) is 4.24.